The van der Waals surface area contributed by atoms with Crippen molar-refractivity contribution < 1.29 is 14.7 Å². The zero-order chi connectivity index (χ0) is 15.8. The fourth-order valence-electron chi connectivity index (χ4n) is 3.17. The zero-order valence-corrected chi connectivity index (χ0v) is 13.5. The van der Waals surface area contributed by atoms with Gasteiger partial charge in [0.15, 0.2) is 0 Å². The van der Waals surface area contributed by atoms with Gasteiger partial charge in [0.1, 0.15) is 6.10 Å². The predicted octanol–water partition coefficient (Wildman–Crippen LogP) is 3.56. The molecule has 1 aliphatic rings. The van der Waals surface area contributed by atoms with E-state index in [1.807, 2.05) is 46.8 Å². The lowest BCUT2D eigenvalue weighted by atomic mass is 9.80. The number of hydrogen-bond acceptors (Lipinski definition) is 4. The first-order valence-electron chi connectivity index (χ1n) is 7.39. The number of hydrogen-bond donors (Lipinski definition) is 1. The highest BCUT2D eigenvalue weighted by Gasteiger charge is 2.46. The lowest BCUT2D eigenvalue weighted by Crippen LogP contribution is -2.60. The summed E-state index contributed by atoms with van der Waals surface area (Å²) in [4.78, 5) is 12.2. The van der Waals surface area contributed by atoms with Crippen LogP contribution in [0.3, 0.4) is 0 Å². The topological polar surface area (TPSA) is 49.8 Å². The van der Waals surface area contributed by atoms with E-state index in [-0.39, 0.29) is 12.1 Å². The molecule has 1 heterocycles. The molecule has 1 aromatic carbocycles. The van der Waals surface area contributed by atoms with E-state index < -0.39 is 11.1 Å². The van der Waals surface area contributed by atoms with Gasteiger partial charge in [-0.1, -0.05) is 17.7 Å². The molecule has 21 heavy (non-hydrogen) atoms. The highest BCUT2D eigenvalue weighted by atomic mass is 16.5. The molecule has 0 radical (unpaired) electrons. The van der Waals surface area contributed by atoms with E-state index in [9.17, 15) is 10.0 Å². The maximum Gasteiger partial charge on any atom is 0.338 e. The van der Waals surface area contributed by atoms with Gasteiger partial charge >= 0.3 is 5.97 Å². The fourth-order valence-corrected chi connectivity index (χ4v) is 3.17. The molecule has 1 fully saturated rings. The minimum absolute atomic E-state index is 0.188. The maximum absolute atomic E-state index is 12.2. The Balaban J connectivity index is 2.09. The van der Waals surface area contributed by atoms with Crippen LogP contribution < -0.4 is 0 Å². The van der Waals surface area contributed by atoms with Gasteiger partial charge in [-0.2, -0.15) is 5.06 Å². The smallest absolute Gasteiger partial charge is 0.338 e. The largest absolute Gasteiger partial charge is 0.459 e. The third kappa shape index (κ3) is 3.44. The van der Waals surface area contributed by atoms with Gasteiger partial charge < -0.3 is 9.94 Å². The van der Waals surface area contributed by atoms with Crippen molar-refractivity contribution in [2.24, 2.45) is 0 Å². The highest BCUT2D eigenvalue weighted by molar-refractivity contribution is 5.89. The molecule has 0 bridgehead atoms. The number of aryl methyl sites for hydroxylation is 1. The second-order valence-electron chi connectivity index (χ2n) is 7.24. The number of hydroxylamine groups is 2. The van der Waals surface area contributed by atoms with Crippen molar-refractivity contribution in [3.05, 3.63) is 35.4 Å². The Morgan fingerprint density at radius 3 is 2.10 bits per heavy atom. The summed E-state index contributed by atoms with van der Waals surface area (Å²) >= 11 is 0. The van der Waals surface area contributed by atoms with Crippen LogP contribution in [0.25, 0.3) is 0 Å². The van der Waals surface area contributed by atoms with Gasteiger partial charge in [-0.05, 0) is 46.8 Å². The number of rotatable bonds is 2. The van der Waals surface area contributed by atoms with Gasteiger partial charge in [0.2, 0.25) is 0 Å². The molecule has 116 valence electrons. The SMILES string of the molecule is Cc1ccc(C(=O)OC2CC(C)(C)N(O)C(C)(C)C2)cc1. The van der Waals surface area contributed by atoms with Crippen LogP contribution in [0, 0.1) is 6.92 Å². The molecule has 1 N–H and O–H groups in total. The van der Waals surface area contributed by atoms with Crippen LogP contribution in [0.15, 0.2) is 24.3 Å². The number of piperidine rings is 1. The van der Waals surface area contributed by atoms with E-state index in [0.717, 1.165) is 5.56 Å². The van der Waals surface area contributed by atoms with Crippen molar-refractivity contribution in [2.45, 2.75) is 64.6 Å². The summed E-state index contributed by atoms with van der Waals surface area (Å²) in [6.07, 6.45) is 1.04. The van der Waals surface area contributed by atoms with Crippen LogP contribution in [-0.4, -0.2) is 33.4 Å². The van der Waals surface area contributed by atoms with Crippen molar-refractivity contribution >= 4 is 5.97 Å². The average Bonchev–Trinajstić information content (AvgIpc) is 2.36. The summed E-state index contributed by atoms with van der Waals surface area (Å²) in [5.74, 6) is -0.294. The molecule has 0 amide bonds. The van der Waals surface area contributed by atoms with Crippen LogP contribution in [-0.2, 0) is 4.74 Å². The quantitative estimate of drug-likeness (QED) is 0.846. The summed E-state index contributed by atoms with van der Waals surface area (Å²) in [5, 5.41) is 11.6. The number of carbonyl (C=O) groups is 1. The van der Waals surface area contributed by atoms with E-state index >= 15 is 0 Å². The molecule has 0 aliphatic carbocycles. The number of ether oxygens (including phenoxy) is 1. The van der Waals surface area contributed by atoms with Crippen LogP contribution in [0.2, 0.25) is 0 Å². The van der Waals surface area contributed by atoms with Gasteiger partial charge in [0.05, 0.1) is 5.56 Å². The molecule has 1 aliphatic heterocycles. The van der Waals surface area contributed by atoms with Crippen molar-refractivity contribution in [1.29, 1.82) is 0 Å². The number of carbonyl (C=O) groups excluding carboxylic acids is 1. The Hall–Kier alpha value is -1.39. The van der Waals surface area contributed by atoms with Gasteiger partial charge in [-0.3, -0.25) is 0 Å². The van der Waals surface area contributed by atoms with E-state index in [1.54, 1.807) is 12.1 Å². The lowest BCUT2D eigenvalue weighted by Gasteiger charge is -2.50. The molecule has 1 aromatic rings. The zero-order valence-electron chi connectivity index (χ0n) is 13.5. The first-order valence-corrected chi connectivity index (χ1v) is 7.39. The van der Waals surface area contributed by atoms with Crippen molar-refractivity contribution in [3.63, 3.8) is 0 Å². The molecule has 0 aromatic heterocycles. The number of nitrogens with zero attached hydrogens (tertiary/aromatic N) is 1. The van der Waals surface area contributed by atoms with E-state index in [0.29, 0.717) is 18.4 Å². The Morgan fingerprint density at radius 1 is 1.14 bits per heavy atom. The molecule has 0 unspecified atom stereocenters. The van der Waals surface area contributed by atoms with E-state index in [2.05, 4.69) is 0 Å². The molecular weight excluding hydrogens is 266 g/mol. The maximum atomic E-state index is 12.2. The lowest BCUT2D eigenvalue weighted by molar-refractivity contribution is -0.256. The second kappa shape index (κ2) is 5.43. The highest BCUT2D eigenvalue weighted by Crippen LogP contribution is 2.38. The van der Waals surface area contributed by atoms with Crippen molar-refractivity contribution in [3.8, 4) is 0 Å². The normalized spacial score (nSPS) is 22.0. The van der Waals surface area contributed by atoms with E-state index in [1.165, 1.54) is 5.06 Å². The molecule has 2 rings (SSSR count). The molecule has 4 nitrogen and oxygen atoms in total. The second-order valence-corrected chi connectivity index (χ2v) is 7.24. The average molecular weight is 291 g/mol. The summed E-state index contributed by atoms with van der Waals surface area (Å²) in [7, 11) is 0. The number of benzene rings is 1. The van der Waals surface area contributed by atoms with E-state index in [4.69, 9.17) is 4.74 Å². The van der Waals surface area contributed by atoms with Crippen molar-refractivity contribution in [2.75, 3.05) is 0 Å². The van der Waals surface area contributed by atoms with Gasteiger partial charge in [0.25, 0.3) is 0 Å². The molecule has 0 saturated carbocycles. The third-order valence-corrected chi connectivity index (χ3v) is 4.16. The molecule has 4 heteroatoms. The Labute approximate surface area is 126 Å². The Bertz CT molecular complexity index is 501. The summed E-state index contributed by atoms with van der Waals surface area (Å²) in [6, 6.07) is 7.38. The van der Waals surface area contributed by atoms with Crippen molar-refractivity contribution in [1.82, 2.24) is 5.06 Å². The monoisotopic (exact) mass is 291 g/mol. The van der Waals surface area contributed by atoms with Gasteiger partial charge in [-0.15, -0.1) is 0 Å². The molecule has 1 saturated heterocycles. The Morgan fingerprint density at radius 2 is 1.62 bits per heavy atom. The fraction of sp³-hybridized carbons (Fsp3) is 0.588. The van der Waals surface area contributed by atoms with Crippen LogP contribution in [0.4, 0.5) is 0 Å². The predicted molar refractivity (Wildman–Crippen MR) is 81.4 cm³/mol. The minimum atomic E-state index is -0.417. The third-order valence-electron chi connectivity index (χ3n) is 4.16. The first-order chi connectivity index (χ1) is 9.62. The van der Waals surface area contributed by atoms with Gasteiger partial charge in [0, 0.05) is 23.9 Å². The summed E-state index contributed by atoms with van der Waals surface area (Å²) in [6.45, 7) is 9.82. The van der Waals surface area contributed by atoms with Crippen LogP contribution in [0.1, 0.15) is 56.5 Å². The summed E-state index contributed by atoms with van der Waals surface area (Å²) < 4.78 is 5.66. The van der Waals surface area contributed by atoms with Crippen LogP contribution in [0.5, 0.6) is 0 Å². The summed E-state index contributed by atoms with van der Waals surface area (Å²) in [5.41, 5.74) is 0.852. The Kier molecular flexibility index (Phi) is 4.13. The molecule has 0 spiro atoms. The van der Waals surface area contributed by atoms with Gasteiger partial charge in [-0.25, -0.2) is 4.79 Å². The first kappa shape index (κ1) is 16.0. The minimum Gasteiger partial charge on any atom is -0.459 e. The molecular formula is C17H25NO3. The number of esters is 1. The standard InChI is InChI=1S/C17H25NO3/c1-12-6-8-13(9-7-12)15(19)21-14-10-16(2,3)18(20)17(4,5)11-14/h6-9,14,20H,10-11H2,1-5H3. The molecule has 0 atom stereocenters. The van der Waals surface area contributed by atoms with Crippen LogP contribution >= 0.6 is 0 Å².